The molecule has 7 heteroatoms. The van der Waals surface area contributed by atoms with Crippen LogP contribution < -0.4 is 10.9 Å². The Labute approximate surface area is 163 Å². The average molecular weight is 390 g/mol. The van der Waals surface area contributed by atoms with E-state index in [0.29, 0.717) is 34.9 Å². The van der Waals surface area contributed by atoms with Crippen molar-refractivity contribution in [1.29, 1.82) is 0 Å². The number of nitrogens with one attached hydrogen (secondary N) is 1. The van der Waals surface area contributed by atoms with E-state index in [9.17, 15) is 9.59 Å². The van der Waals surface area contributed by atoms with Crippen LogP contribution in [0.15, 0.2) is 34.2 Å². The fourth-order valence-corrected chi connectivity index (χ4v) is 4.43. The lowest BCUT2D eigenvalue weighted by atomic mass is 9.86. The minimum absolute atomic E-state index is 0.00340. The Hall–Kier alpha value is -1.86. The molecule has 0 aliphatic heterocycles. The zero-order valence-electron chi connectivity index (χ0n) is 15.7. The number of para-hydroxylation sites is 1. The number of hydrogen-bond acceptors (Lipinski definition) is 5. The first-order chi connectivity index (χ1) is 13.1. The van der Waals surface area contributed by atoms with Crippen LogP contribution in [0.5, 0.6) is 0 Å². The molecule has 2 aromatic rings. The highest BCUT2D eigenvalue weighted by Gasteiger charge is 2.23. The molecule has 1 aliphatic carbocycles. The number of aliphatic hydroxyl groups is 1. The van der Waals surface area contributed by atoms with Gasteiger partial charge < -0.3 is 10.4 Å². The molecule has 0 radical (unpaired) electrons. The normalized spacial score (nSPS) is 19.9. The molecular weight excluding hydrogens is 362 g/mol. The number of benzene rings is 1. The number of fused-ring (bicyclic) bond motifs is 1. The van der Waals surface area contributed by atoms with Gasteiger partial charge in [0.1, 0.15) is 0 Å². The van der Waals surface area contributed by atoms with E-state index in [0.717, 1.165) is 19.3 Å². The van der Waals surface area contributed by atoms with Crippen molar-refractivity contribution in [3.05, 3.63) is 34.6 Å². The summed E-state index contributed by atoms with van der Waals surface area (Å²) in [6.07, 6.45) is 5.06. The summed E-state index contributed by atoms with van der Waals surface area (Å²) in [6.45, 7) is 2.58. The van der Waals surface area contributed by atoms with E-state index in [2.05, 4.69) is 17.2 Å². The van der Waals surface area contributed by atoms with Gasteiger partial charge in [0.15, 0.2) is 5.16 Å². The van der Waals surface area contributed by atoms with E-state index < -0.39 is 0 Å². The molecule has 1 fully saturated rings. The van der Waals surface area contributed by atoms with Gasteiger partial charge in [-0.05, 0) is 37.3 Å². The number of nitrogens with zero attached hydrogens (tertiary/aromatic N) is 2. The third-order valence-electron chi connectivity index (χ3n) is 5.16. The topological polar surface area (TPSA) is 84.2 Å². The number of aromatic nitrogens is 2. The molecule has 1 heterocycles. The van der Waals surface area contributed by atoms with Crippen molar-refractivity contribution in [2.24, 2.45) is 5.92 Å². The van der Waals surface area contributed by atoms with Crippen LogP contribution in [-0.2, 0) is 11.3 Å². The molecule has 6 nitrogen and oxygen atoms in total. The maximum absolute atomic E-state index is 12.8. The average Bonchev–Trinajstić information content (AvgIpc) is 2.68. The Bertz CT molecular complexity index is 852. The van der Waals surface area contributed by atoms with Gasteiger partial charge in [-0.1, -0.05) is 43.7 Å². The molecule has 0 bridgehead atoms. The number of carbonyl (C=O) groups excluding carboxylic acids is 1. The maximum atomic E-state index is 12.8. The first-order valence-electron chi connectivity index (χ1n) is 9.62. The maximum Gasteiger partial charge on any atom is 0.262 e. The first kappa shape index (κ1) is 19.9. The minimum Gasteiger partial charge on any atom is -0.396 e. The molecule has 2 atom stereocenters. The van der Waals surface area contributed by atoms with Crippen molar-refractivity contribution < 1.29 is 9.90 Å². The summed E-state index contributed by atoms with van der Waals surface area (Å²) in [6, 6.07) is 7.46. The van der Waals surface area contributed by atoms with Gasteiger partial charge in [0.2, 0.25) is 5.91 Å². The van der Waals surface area contributed by atoms with Gasteiger partial charge in [-0.3, -0.25) is 14.2 Å². The summed E-state index contributed by atoms with van der Waals surface area (Å²) in [4.78, 5) is 29.8. The van der Waals surface area contributed by atoms with Crippen molar-refractivity contribution in [1.82, 2.24) is 14.9 Å². The predicted octanol–water partition coefficient (Wildman–Crippen LogP) is 2.57. The lowest BCUT2D eigenvalue weighted by Gasteiger charge is -2.29. The van der Waals surface area contributed by atoms with Crippen LogP contribution >= 0.6 is 11.8 Å². The first-order valence-corrected chi connectivity index (χ1v) is 10.6. The number of thioether (sulfide) groups is 1. The molecule has 146 valence electrons. The van der Waals surface area contributed by atoms with Gasteiger partial charge in [0, 0.05) is 19.2 Å². The Morgan fingerprint density at radius 3 is 2.89 bits per heavy atom. The van der Waals surface area contributed by atoms with E-state index in [1.54, 1.807) is 16.7 Å². The highest BCUT2D eigenvalue weighted by molar-refractivity contribution is 7.99. The van der Waals surface area contributed by atoms with Gasteiger partial charge in [-0.2, -0.15) is 0 Å². The van der Waals surface area contributed by atoms with Crippen LogP contribution in [0.25, 0.3) is 10.9 Å². The fourth-order valence-electron chi connectivity index (χ4n) is 3.59. The SMILES string of the molecule is C[C@@H]1CCCC[C@H]1NC(=O)CSc1nc2ccccc2c(=O)n1CCCO. The van der Waals surface area contributed by atoms with Gasteiger partial charge in [-0.25, -0.2) is 4.98 Å². The summed E-state index contributed by atoms with van der Waals surface area (Å²) in [5, 5.41) is 13.4. The molecule has 1 saturated carbocycles. The predicted molar refractivity (Wildman–Crippen MR) is 108 cm³/mol. The molecule has 27 heavy (non-hydrogen) atoms. The zero-order valence-corrected chi connectivity index (χ0v) is 16.5. The van der Waals surface area contributed by atoms with Crippen molar-refractivity contribution >= 4 is 28.6 Å². The van der Waals surface area contributed by atoms with Crippen LogP contribution in [-0.4, -0.2) is 39.0 Å². The van der Waals surface area contributed by atoms with Crippen LogP contribution in [0, 0.1) is 5.92 Å². The van der Waals surface area contributed by atoms with Crippen molar-refractivity contribution in [3.8, 4) is 0 Å². The van der Waals surface area contributed by atoms with E-state index in [4.69, 9.17) is 5.11 Å². The second-order valence-electron chi connectivity index (χ2n) is 7.17. The van der Waals surface area contributed by atoms with Gasteiger partial charge in [0.25, 0.3) is 5.56 Å². The molecular formula is C20H27N3O3S. The highest BCUT2D eigenvalue weighted by Crippen LogP contribution is 2.24. The lowest BCUT2D eigenvalue weighted by Crippen LogP contribution is -2.42. The molecule has 1 aliphatic rings. The fraction of sp³-hybridized carbons (Fsp3) is 0.550. The molecule has 0 unspecified atom stereocenters. The van der Waals surface area contributed by atoms with Crippen molar-refractivity contribution in [2.75, 3.05) is 12.4 Å². The smallest absolute Gasteiger partial charge is 0.262 e. The third kappa shape index (κ3) is 4.90. The zero-order chi connectivity index (χ0) is 19.2. The molecule has 0 spiro atoms. The second kappa shape index (κ2) is 9.37. The Kier molecular flexibility index (Phi) is 6.90. The lowest BCUT2D eigenvalue weighted by molar-refractivity contribution is -0.119. The number of carbonyl (C=O) groups is 1. The Morgan fingerprint density at radius 2 is 2.11 bits per heavy atom. The molecule has 1 aromatic heterocycles. The Morgan fingerprint density at radius 1 is 1.33 bits per heavy atom. The van der Waals surface area contributed by atoms with Crippen molar-refractivity contribution in [2.45, 2.75) is 56.8 Å². The van der Waals surface area contributed by atoms with E-state index >= 15 is 0 Å². The molecule has 3 rings (SSSR count). The molecule has 2 N–H and O–H groups in total. The summed E-state index contributed by atoms with van der Waals surface area (Å²) in [5.41, 5.74) is 0.504. The molecule has 1 aromatic carbocycles. The van der Waals surface area contributed by atoms with Gasteiger partial charge >= 0.3 is 0 Å². The summed E-state index contributed by atoms with van der Waals surface area (Å²) in [5.74, 6) is 0.719. The monoisotopic (exact) mass is 389 g/mol. The summed E-state index contributed by atoms with van der Waals surface area (Å²) in [7, 11) is 0. The quantitative estimate of drug-likeness (QED) is 0.562. The summed E-state index contributed by atoms with van der Waals surface area (Å²) >= 11 is 1.28. The van der Waals surface area contributed by atoms with Crippen LogP contribution in [0.2, 0.25) is 0 Å². The molecule has 1 amide bonds. The number of hydrogen-bond donors (Lipinski definition) is 2. The van der Waals surface area contributed by atoms with Crippen LogP contribution in [0.3, 0.4) is 0 Å². The number of rotatable bonds is 7. The Balaban J connectivity index is 1.74. The van der Waals surface area contributed by atoms with Gasteiger partial charge in [-0.15, -0.1) is 0 Å². The largest absolute Gasteiger partial charge is 0.396 e. The minimum atomic E-state index is -0.127. The van der Waals surface area contributed by atoms with E-state index in [1.165, 1.54) is 18.2 Å². The third-order valence-corrected chi connectivity index (χ3v) is 6.13. The van der Waals surface area contributed by atoms with Crippen LogP contribution in [0.4, 0.5) is 0 Å². The summed E-state index contributed by atoms with van der Waals surface area (Å²) < 4.78 is 1.57. The molecule has 0 saturated heterocycles. The van der Waals surface area contributed by atoms with Crippen LogP contribution in [0.1, 0.15) is 39.0 Å². The van der Waals surface area contributed by atoms with E-state index in [1.807, 2.05) is 12.1 Å². The second-order valence-corrected chi connectivity index (χ2v) is 8.11. The number of aliphatic hydroxyl groups excluding tert-OH is 1. The van der Waals surface area contributed by atoms with Gasteiger partial charge in [0.05, 0.1) is 16.7 Å². The standard InChI is InChI=1S/C20H27N3O3S/c1-14-7-2-4-9-16(14)21-18(25)13-27-20-22-17-10-5-3-8-15(17)19(26)23(20)11-6-12-24/h3,5,8,10,14,16,24H,2,4,6-7,9,11-13H2,1H3,(H,21,25)/t14-,16-/m1/s1. The highest BCUT2D eigenvalue weighted by atomic mass is 32.2. The van der Waals surface area contributed by atoms with Crippen molar-refractivity contribution in [3.63, 3.8) is 0 Å². The number of amides is 1. The van der Waals surface area contributed by atoms with E-state index in [-0.39, 0.29) is 29.9 Å².